The molecule has 0 saturated carbocycles. The largest absolute Gasteiger partial charge is 0.478 e. The van der Waals surface area contributed by atoms with Gasteiger partial charge in [-0.05, 0) is 19.3 Å². The van der Waals surface area contributed by atoms with Crippen LogP contribution in [0.15, 0.2) is 12.2 Å². The van der Waals surface area contributed by atoms with Crippen LogP contribution in [0.25, 0.3) is 0 Å². The van der Waals surface area contributed by atoms with Crippen LogP contribution in [-0.2, 0) is 25.0 Å². The first kappa shape index (κ1) is 16.0. The molecule has 0 unspecified atom stereocenters. The molecule has 0 aliphatic carbocycles. The lowest BCUT2D eigenvalue weighted by molar-refractivity contribution is -0.132. The second-order valence-corrected chi connectivity index (χ2v) is 6.76. The summed E-state index contributed by atoms with van der Waals surface area (Å²) in [7, 11) is -9.91. The molecule has 0 spiro atoms. The predicted octanol–water partition coefficient (Wildman–Crippen LogP) is -0.101. The third kappa shape index (κ3) is 5.77. The summed E-state index contributed by atoms with van der Waals surface area (Å²) in [5.74, 6) is -1.29. The summed E-state index contributed by atoms with van der Waals surface area (Å²) in [6.45, 7) is 3.15. The highest BCUT2D eigenvalue weighted by Crippen LogP contribution is 2.16. The number of aliphatic carboxylic acids is 1. The molecule has 100 valence electrons. The quantitative estimate of drug-likeness (QED) is 0.434. The minimum atomic E-state index is -4.96. The van der Waals surface area contributed by atoms with Gasteiger partial charge in [0.15, 0.2) is 0 Å². The van der Waals surface area contributed by atoms with Gasteiger partial charge in [-0.2, -0.15) is 16.8 Å². The maximum Gasteiger partial charge on any atom is 0.330 e. The summed E-state index contributed by atoms with van der Waals surface area (Å²) in [5.41, 5.74) is -0.227. The maximum absolute atomic E-state index is 10.7. The summed E-state index contributed by atoms with van der Waals surface area (Å²) < 4.78 is 57.5. The van der Waals surface area contributed by atoms with E-state index in [1.165, 1.54) is 0 Å². The highest BCUT2D eigenvalue weighted by molar-refractivity contribution is 8.03. The van der Waals surface area contributed by atoms with Gasteiger partial charge in [-0.3, -0.25) is 9.11 Å². The Morgan fingerprint density at radius 2 is 1.53 bits per heavy atom. The summed E-state index contributed by atoms with van der Waals surface area (Å²) in [4.78, 5) is 10.3. The van der Waals surface area contributed by atoms with E-state index in [0.717, 1.165) is 0 Å². The smallest absolute Gasteiger partial charge is 0.330 e. The molecule has 3 N–H and O–H groups in total. The fourth-order valence-corrected chi connectivity index (χ4v) is 3.20. The van der Waals surface area contributed by atoms with Crippen LogP contribution >= 0.6 is 0 Å². The minimum absolute atomic E-state index is 0.156. The Hall–Kier alpha value is -0.970. The molecule has 0 fully saturated rings. The van der Waals surface area contributed by atoms with Crippen molar-refractivity contribution in [3.05, 3.63) is 12.2 Å². The Labute approximate surface area is 98.5 Å². The van der Waals surface area contributed by atoms with Crippen LogP contribution in [-0.4, -0.2) is 41.6 Å². The Kier molecular flexibility index (Phi) is 5.26. The zero-order valence-corrected chi connectivity index (χ0v) is 10.2. The van der Waals surface area contributed by atoms with Crippen molar-refractivity contribution in [2.24, 2.45) is 0 Å². The Balaban J connectivity index is 4.63. The average molecular weight is 288 g/mol. The first-order valence-corrected chi connectivity index (χ1v) is 7.30. The third-order valence-electron chi connectivity index (χ3n) is 1.89. The van der Waals surface area contributed by atoms with Gasteiger partial charge in [0.05, 0.1) is 0 Å². The van der Waals surface area contributed by atoms with E-state index in [1.807, 2.05) is 0 Å². The van der Waals surface area contributed by atoms with Crippen molar-refractivity contribution in [2.75, 3.05) is 0 Å². The molecule has 0 amide bonds. The lowest BCUT2D eigenvalue weighted by Gasteiger charge is -2.10. The summed E-state index contributed by atoms with van der Waals surface area (Å²) in [5, 5.41) is 8.43. The number of carboxylic acids is 1. The first-order chi connectivity index (χ1) is 7.46. The zero-order chi connectivity index (χ0) is 13.9. The van der Waals surface area contributed by atoms with E-state index >= 15 is 0 Å². The van der Waals surface area contributed by atoms with Crippen molar-refractivity contribution in [2.45, 2.75) is 23.8 Å². The first-order valence-electron chi connectivity index (χ1n) is 4.30. The molecule has 0 rings (SSSR count). The summed E-state index contributed by atoms with van der Waals surface area (Å²) in [6.07, 6.45) is -0.948. The normalized spacial score (nSPS) is 12.6. The molecule has 0 aromatic carbocycles. The van der Waals surface area contributed by atoms with Crippen LogP contribution in [0.5, 0.6) is 0 Å². The summed E-state index contributed by atoms with van der Waals surface area (Å²) >= 11 is 0. The fourth-order valence-electron chi connectivity index (χ4n) is 1.04. The van der Waals surface area contributed by atoms with Gasteiger partial charge in [0.25, 0.3) is 20.2 Å². The lowest BCUT2D eigenvalue weighted by atomic mass is 10.1. The molecule has 0 bridgehead atoms. The topological polar surface area (TPSA) is 146 Å². The number of carboxylic acid groups (broad SMARTS) is 1. The van der Waals surface area contributed by atoms with Crippen LogP contribution in [0.3, 0.4) is 0 Å². The van der Waals surface area contributed by atoms with E-state index in [1.54, 1.807) is 0 Å². The van der Waals surface area contributed by atoms with Gasteiger partial charge < -0.3 is 5.11 Å². The molecule has 0 aromatic heterocycles. The average Bonchev–Trinajstić information content (AvgIpc) is 2.07. The predicted molar refractivity (Wildman–Crippen MR) is 57.5 cm³/mol. The van der Waals surface area contributed by atoms with Gasteiger partial charge in [-0.15, -0.1) is 0 Å². The van der Waals surface area contributed by atoms with Crippen molar-refractivity contribution in [1.82, 2.24) is 0 Å². The second-order valence-electron chi connectivity index (χ2n) is 3.26. The fraction of sp³-hybridized carbons (Fsp3) is 0.571. The number of hydrogen-bond acceptors (Lipinski definition) is 5. The molecule has 0 heterocycles. The Morgan fingerprint density at radius 3 is 1.82 bits per heavy atom. The molecule has 0 aliphatic heterocycles. The van der Waals surface area contributed by atoms with Gasteiger partial charge in [0.2, 0.25) is 4.58 Å². The molecule has 0 aromatic rings. The third-order valence-corrected chi connectivity index (χ3v) is 5.14. The van der Waals surface area contributed by atoms with Crippen molar-refractivity contribution in [3.63, 3.8) is 0 Å². The van der Waals surface area contributed by atoms with E-state index in [4.69, 9.17) is 14.2 Å². The minimum Gasteiger partial charge on any atom is -0.478 e. The highest BCUT2D eigenvalue weighted by atomic mass is 32.3. The number of rotatable bonds is 7. The van der Waals surface area contributed by atoms with Crippen LogP contribution in [0.2, 0.25) is 0 Å². The standard InChI is InChI=1S/C7H12O8S2/c1-5(7(8)9)3-2-4-6(16(10,11)12)17(13,14)15/h6H,1-4H2,(H,8,9)(H,10,11,12)(H,13,14,15). The van der Waals surface area contributed by atoms with E-state index < -0.39 is 37.2 Å². The van der Waals surface area contributed by atoms with E-state index in [9.17, 15) is 21.6 Å². The molecular formula is C7H12O8S2. The zero-order valence-electron chi connectivity index (χ0n) is 8.61. The van der Waals surface area contributed by atoms with Crippen molar-refractivity contribution < 1.29 is 35.8 Å². The summed E-state index contributed by atoms with van der Waals surface area (Å²) in [6, 6.07) is 0. The van der Waals surface area contributed by atoms with Crippen molar-refractivity contribution in [1.29, 1.82) is 0 Å². The molecule has 0 aliphatic rings. The molecule has 0 atom stereocenters. The number of hydrogen-bond donors (Lipinski definition) is 3. The molecule has 10 heteroatoms. The Bertz CT molecular complexity index is 468. The van der Waals surface area contributed by atoms with E-state index in [0.29, 0.717) is 0 Å². The second kappa shape index (κ2) is 5.58. The van der Waals surface area contributed by atoms with Gasteiger partial charge in [0, 0.05) is 5.57 Å². The molecule has 8 nitrogen and oxygen atoms in total. The highest BCUT2D eigenvalue weighted by Gasteiger charge is 2.34. The molecule has 0 saturated heterocycles. The molecule has 0 radical (unpaired) electrons. The van der Waals surface area contributed by atoms with E-state index in [2.05, 4.69) is 6.58 Å². The lowest BCUT2D eigenvalue weighted by Crippen LogP contribution is -2.29. The van der Waals surface area contributed by atoms with Crippen molar-refractivity contribution in [3.8, 4) is 0 Å². The van der Waals surface area contributed by atoms with Crippen LogP contribution in [0.4, 0.5) is 0 Å². The van der Waals surface area contributed by atoms with Gasteiger partial charge >= 0.3 is 5.97 Å². The monoisotopic (exact) mass is 288 g/mol. The van der Waals surface area contributed by atoms with Gasteiger partial charge in [-0.25, -0.2) is 4.79 Å². The number of carbonyl (C=O) groups is 1. The van der Waals surface area contributed by atoms with Gasteiger partial charge in [0.1, 0.15) is 0 Å². The maximum atomic E-state index is 10.7. The molecular weight excluding hydrogens is 276 g/mol. The Morgan fingerprint density at radius 1 is 1.12 bits per heavy atom. The van der Waals surface area contributed by atoms with E-state index in [-0.39, 0.29) is 18.4 Å². The van der Waals surface area contributed by atoms with Crippen LogP contribution in [0.1, 0.15) is 19.3 Å². The van der Waals surface area contributed by atoms with Crippen LogP contribution < -0.4 is 0 Å². The SMILES string of the molecule is C=C(CCCC(S(=O)(=O)O)S(=O)(=O)O)C(=O)O. The van der Waals surface area contributed by atoms with Crippen molar-refractivity contribution >= 4 is 26.2 Å². The van der Waals surface area contributed by atoms with Gasteiger partial charge in [-0.1, -0.05) is 6.58 Å². The molecule has 17 heavy (non-hydrogen) atoms. The van der Waals surface area contributed by atoms with Crippen LogP contribution in [0, 0.1) is 0 Å².